The van der Waals surface area contributed by atoms with Crippen molar-refractivity contribution < 1.29 is 68.8 Å². The second-order valence-electron chi connectivity index (χ2n) is 21.3. The molecule has 10 rings (SSSR count). The molecule has 4 saturated heterocycles. The van der Waals surface area contributed by atoms with Crippen LogP contribution in [-0.2, 0) is 29.7 Å². The van der Waals surface area contributed by atoms with Crippen LogP contribution in [0.4, 0.5) is 19.4 Å². The third-order valence-corrected chi connectivity index (χ3v) is 20.8. The van der Waals surface area contributed by atoms with E-state index in [4.69, 9.17) is 19.9 Å². The van der Waals surface area contributed by atoms with Crippen LogP contribution in [0.15, 0.2) is 83.9 Å². The van der Waals surface area contributed by atoms with Gasteiger partial charge in [-0.3, -0.25) is 19.7 Å². The van der Waals surface area contributed by atoms with Crippen LogP contribution in [0, 0.1) is 23.6 Å². The number of hydrogen-bond donors (Lipinski definition) is 4. The predicted molar refractivity (Wildman–Crippen MR) is 273 cm³/mol. The van der Waals surface area contributed by atoms with Crippen molar-refractivity contribution in [1.82, 2.24) is 28.4 Å². The van der Waals surface area contributed by atoms with Gasteiger partial charge in [-0.2, -0.15) is 5.10 Å². The monoisotopic (exact) mass is 1150 g/mol. The number of piperidine rings is 2. The molecule has 4 aromatic rings. The number of aryl methyl sites for hydroxylation is 1. The summed E-state index contributed by atoms with van der Waals surface area (Å²) in [4.78, 5) is 57.5. The number of fused-ring (bicyclic) bond motifs is 2. The second kappa shape index (κ2) is 21.9. The summed E-state index contributed by atoms with van der Waals surface area (Å²) in [7, 11) is 3.69. The van der Waals surface area contributed by atoms with Gasteiger partial charge in [0.05, 0.1) is 5.52 Å². The maximum atomic E-state index is 16.6. The first-order valence-electron chi connectivity index (χ1n) is 26.4. The topological polar surface area (TPSA) is 194 Å². The van der Waals surface area contributed by atoms with Crippen LogP contribution in [0.25, 0.3) is 10.9 Å². The zero-order valence-electron chi connectivity index (χ0n) is 43.1. The molecule has 402 valence electrons. The van der Waals surface area contributed by atoms with Crippen LogP contribution in [0.1, 0.15) is 111 Å². The molecule has 3 aromatic carbocycles. The number of amides is 5. The van der Waals surface area contributed by atoms with Gasteiger partial charge in [0.25, 0.3) is 0 Å². The van der Waals surface area contributed by atoms with Gasteiger partial charge in [0, 0.05) is 25.4 Å². The minimum absolute atomic E-state index is 0.0468. The van der Waals surface area contributed by atoms with E-state index in [1.165, 1.54) is 28.7 Å². The third kappa shape index (κ3) is 10.2. The summed E-state index contributed by atoms with van der Waals surface area (Å²) in [5.74, 6) is -2.95. The average Bonchev–Trinajstić information content (AvgIpc) is 3.91. The van der Waals surface area contributed by atoms with Gasteiger partial charge in [-0.05, 0) is 49.5 Å². The van der Waals surface area contributed by atoms with E-state index in [-0.39, 0.29) is 77.4 Å². The summed E-state index contributed by atoms with van der Waals surface area (Å²) < 4.78 is 56.3. The van der Waals surface area contributed by atoms with Crippen LogP contribution < -0.4 is 45.7 Å². The Labute approximate surface area is 446 Å². The van der Waals surface area contributed by atoms with Crippen molar-refractivity contribution in [2.75, 3.05) is 64.5 Å². The number of ether oxygens (including phenoxy) is 3. The number of carbonyl (C=O) groups is 4. The minimum atomic E-state index is -1.03. The van der Waals surface area contributed by atoms with Crippen LogP contribution in [0.2, 0.25) is 0 Å². The zero-order chi connectivity index (χ0) is 52.8. The van der Waals surface area contributed by atoms with Gasteiger partial charge in [0.2, 0.25) is 5.91 Å². The molecule has 1 aromatic heterocycles. The Kier molecular flexibility index (Phi) is 15.4. The van der Waals surface area contributed by atoms with Crippen molar-refractivity contribution in [2.45, 2.75) is 98.7 Å². The van der Waals surface area contributed by atoms with Gasteiger partial charge in [0.1, 0.15) is 0 Å². The van der Waals surface area contributed by atoms with Crippen LogP contribution in [-0.4, -0.2) is 120 Å². The number of likely N-dealkylation sites (tertiary alicyclic amines) is 2. The summed E-state index contributed by atoms with van der Waals surface area (Å²) in [6.07, 6.45) is 8.36. The molecule has 5 amide bonds. The molecule has 4 atom stereocenters. The van der Waals surface area contributed by atoms with Crippen molar-refractivity contribution >= 4 is 40.5 Å². The van der Waals surface area contributed by atoms with Crippen molar-refractivity contribution in [3.8, 4) is 5.75 Å². The van der Waals surface area contributed by atoms with E-state index in [2.05, 4.69) is 44.0 Å². The fraction of sp³-hybridized carbons (Fsp3) is 0.518. The summed E-state index contributed by atoms with van der Waals surface area (Å²) in [5.41, 5.74) is 8.80. The number of allylic oxidation sites excluding steroid dienone is 4. The molecular weight excluding hydrogens is 1080 g/mol. The van der Waals surface area contributed by atoms with Crippen LogP contribution in [0.5, 0.6) is 5.75 Å². The molecule has 5 fully saturated rings. The molecule has 2 unspecified atom stereocenters. The second-order valence-corrected chi connectivity index (χ2v) is 24.0. The molecule has 75 heavy (non-hydrogen) atoms. The van der Waals surface area contributed by atoms with E-state index < -0.39 is 60.5 Å². The number of aliphatic hydroxyl groups is 1. The van der Waals surface area contributed by atoms with Gasteiger partial charge in [-0.15, -0.1) is 0 Å². The Balaban J connectivity index is 0.740. The number of rotatable bonds is 15. The van der Waals surface area contributed by atoms with Gasteiger partial charge in [-0.25, -0.2) is 4.79 Å². The molecule has 4 aliphatic heterocycles. The molecule has 5 heterocycles. The molecule has 0 bridgehead atoms. The summed E-state index contributed by atoms with van der Waals surface area (Å²) in [6, 6.07) is 18.7. The number of urea groups is 1. The maximum absolute atomic E-state index is 16.6. The number of methoxy groups -OCH3 is 1. The zero-order valence-corrected chi connectivity index (χ0v) is 45.2. The van der Waals surface area contributed by atoms with Gasteiger partial charge in [-0.1, -0.05) is 6.07 Å². The fourth-order valence-corrected chi connectivity index (χ4v) is 16.1. The molecule has 1 saturated carbocycles. The van der Waals surface area contributed by atoms with Gasteiger partial charge in [0.15, 0.2) is 5.82 Å². The molecule has 19 heteroatoms. The molecule has 5 N–H and O–H groups in total. The standard InChI is InChI=1S/C56H68F2IN8O8/c1-33-42(57)31-45-48(47(33)49-41(51(60)70)16-17-44(50(49)58)74-29-28-68)34(2)56(75-45,38-8-6-5-7-9-38)59-62-39-13-10-36(11-14-39)53(71)66-26-21-55(73-4,22-27-66)32-65-23-18-35(19-24-65)37-12-15-40-43(30-37)64(3)63-52(40)67-25-20-46(69)61-54(67)72/h5-9,12,15-17,30-31,34-36,39,47-48,62,68H,10-11,13-14,18-29,32H2,1-4H3,(H2,60,70)(H,61,69,72)/q-1/t34-,36?,39?,47?,48?,56-/m0/s1. The van der Waals surface area contributed by atoms with Crippen LogP contribution >= 0.6 is 0 Å². The number of primary amides is 1. The van der Waals surface area contributed by atoms with E-state index in [0.29, 0.717) is 37.1 Å². The number of halogens is 3. The number of carbonyl (C=O) groups excluding carboxylic acids is 4. The Morgan fingerprint density at radius 2 is 1.72 bits per heavy atom. The number of nitrogens with zero attached hydrogens (tertiary/aromatic N) is 5. The first-order chi connectivity index (χ1) is 36.1. The van der Waals surface area contributed by atoms with E-state index in [9.17, 15) is 24.3 Å². The number of hydrogen-bond acceptors (Lipinski definition) is 11. The summed E-state index contributed by atoms with van der Waals surface area (Å²) in [5, 5.41) is 17.4. The Bertz CT molecular complexity index is 2890. The van der Waals surface area contributed by atoms with Crippen molar-refractivity contribution in [1.29, 1.82) is 0 Å². The first-order valence-corrected chi connectivity index (χ1v) is 28.5. The Morgan fingerprint density at radius 3 is 2.40 bits per heavy atom. The summed E-state index contributed by atoms with van der Waals surface area (Å²) >= 11 is -1.03. The molecular formula is C56H68F2IN8O8-. The Hall–Kier alpha value is -5.48. The molecule has 6 aliphatic rings. The quantitative estimate of drug-likeness (QED) is 0.0764. The number of anilines is 1. The number of aromatic nitrogens is 2. The van der Waals surface area contributed by atoms with Crippen molar-refractivity contribution in [3.05, 3.63) is 112 Å². The summed E-state index contributed by atoms with van der Waals surface area (Å²) in [6.45, 7) is 7.46. The fourth-order valence-electron chi connectivity index (χ4n) is 12.7. The average molecular weight is 1150 g/mol. The van der Waals surface area contributed by atoms with Gasteiger partial charge < -0.3 is 0 Å². The third-order valence-electron chi connectivity index (χ3n) is 17.0. The van der Waals surface area contributed by atoms with E-state index in [1.807, 2.05) is 47.0 Å². The number of nitrogens with two attached hydrogens (primary N) is 1. The molecule has 0 spiro atoms. The van der Waals surface area contributed by atoms with Crippen LogP contribution in [0.3, 0.4) is 0 Å². The van der Waals surface area contributed by atoms with Crippen molar-refractivity contribution in [2.24, 2.45) is 30.5 Å². The first kappa shape index (κ1) is 52.9. The van der Waals surface area contributed by atoms with Crippen molar-refractivity contribution in [3.63, 3.8) is 0 Å². The van der Waals surface area contributed by atoms with E-state index in [0.717, 1.165) is 87.5 Å². The number of nitrogens with one attached hydrogen (secondary N) is 2. The molecule has 0 radical (unpaired) electrons. The number of aliphatic hydroxyl groups excluding tert-OH is 1. The number of benzene rings is 3. The van der Waals surface area contributed by atoms with Gasteiger partial charge >= 0.3 is 321 Å². The molecule has 2 aliphatic carbocycles. The Morgan fingerprint density at radius 1 is 0.987 bits per heavy atom. The normalized spacial score (nSPS) is 26.5. The predicted octanol–water partition coefficient (Wildman–Crippen LogP) is 4.03. The van der Waals surface area contributed by atoms with E-state index >= 15 is 8.78 Å². The SMILES string of the molecule is COC1(CN2CCC(c3ccc4c(N5CCC(=O)NC5=O)nn(C)c4c3)CC2)CCN(C(=O)C2CCC(N[I-][C@]3(c4ccccc4)OC4=CC(F)=C(C)C(c5c(C(N)=O)ccc(OCCO)c5F)C4[C@@H]3C)CC2)CC1. The molecule has 16 nitrogen and oxygen atoms in total. The number of imide groups is 1. The van der Waals surface area contributed by atoms with E-state index in [1.54, 1.807) is 14.0 Å². The number of alkyl halides is 1.